The van der Waals surface area contributed by atoms with Gasteiger partial charge in [-0.15, -0.1) is 24.0 Å². The fraction of sp³-hybridized carbons (Fsp3) is 0.333. The van der Waals surface area contributed by atoms with Gasteiger partial charge >= 0.3 is 0 Å². The van der Waals surface area contributed by atoms with Gasteiger partial charge in [-0.25, -0.2) is 0 Å². The van der Waals surface area contributed by atoms with Crippen molar-refractivity contribution >= 4 is 35.8 Å². The van der Waals surface area contributed by atoms with Crippen LogP contribution in [0.15, 0.2) is 53.5 Å². The lowest BCUT2D eigenvalue weighted by Gasteiger charge is -2.14. The summed E-state index contributed by atoms with van der Waals surface area (Å²) >= 11 is 0. The maximum Gasteiger partial charge on any atom is 0.251 e. The number of amides is 1. The molecule has 3 N–H and O–H groups in total. The van der Waals surface area contributed by atoms with Crippen molar-refractivity contribution in [3.05, 3.63) is 65.2 Å². The van der Waals surface area contributed by atoms with E-state index in [1.54, 1.807) is 38.4 Å². The van der Waals surface area contributed by atoms with E-state index in [9.17, 15) is 4.79 Å². The number of nitrogens with one attached hydrogen (secondary N) is 3. The Balaban J connectivity index is 0.00000392. The lowest BCUT2D eigenvalue weighted by Crippen LogP contribution is -2.41. The minimum atomic E-state index is -0.112. The first kappa shape index (κ1) is 23.7. The molecule has 0 aliphatic carbocycles. The van der Waals surface area contributed by atoms with Gasteiger partial charge < -0.3 is 20.7 Å². The standard InChI is InChI=1S/C21H28N4O2.HI/c1-4-16-7-5-6-8-18(16)15-25-21(22-2)24-14-13-23-20(26)17-9-11-19(27-3)12-10-17;/h5-12H,4,13-15H2,1-3H3,(H,23,26)(H2,22,24,25);1H. The third-order valence-electron chi connectivity index (χ3n) is 4.22. The molecular weight excluding hydrogens is 467 g/mol. The Morgan fingerprint density at radius 2 is 1.61 bits per heavy atom. The molecule has 2 aromatic rings. The van der Waals surface area contributed by atoms with Crippen molar-refractivity contribution < 1.29 is 9.53 Å². The first-order valence-corrected chi connectivity index (χ1v) is 9.11. The second kappa shape index (κ2) is 13.0. The Kier molecular flexibility index (Phi) is 11.0. The number of halogens is 1. The number of aliphatic imine (C=N–C) groups is 1. The second-order valence-electron chi connectivity index (χ2n) is 5.96. The van der Waals surface area contributed by atoms with E-state index in [-0.39, 0.29) is 29.9 Å². The largest absolute Gasteiger partial charge is 0.497 e. The zero-order valence-electron chi connectivity index (χ0n) is 16.6. The van der Waals surface area contributed by atoms with Crippen LogP contribution in [0, 0.1) is 0 Å². The Hall–Kier alpha value is -2.29. The summed E-state index contributed by atoms with van der Waals surface area (Å²) in [6, 6.07) is 15.4. The predicted octanol–water partition coefficient (Wildman–Crippen LogP) is 2.97. The highest BCUT2D eigenvalue weighted by molar-refractivity contribution is 14.0. The van der Waals surface area contributed by atoms with Crippen LogP contribution in [-0.2, 0) is 13.0 Å². The summed E-state index contributed by atoms with van der Waals surface area (Å²) in [5.41, 5.74) is 3.19. The Morgan fingerprint density at radius 3 is 2.21 bits per heavy atom. The number of methoxy groups -OCH3 is 1. The van der Waals surface area contributed by atoms with Crippen LogP contribution in [0.1, 0.15) is 28.4 Å². The Labute approximate surface area is 184 Å². The van der Waals surface area contributed by atoms with E-state index in [1.807, 2.05) is 6.07 Å². The molecular formula is C21H29IN4O2. The first-order valence-electron chi connectivity index (χ1n) is 9.11. The zero-order chi connectivity index (χ0) is 19.5. The lowest BCUT2D eigenvalue weighted by atomic mass is 10.1. The average molecular weight is 496 g/mol. The monoisotopic (exact) mass is 496 g/mol. The molecule has 0 radical (unpaired) electrons. The zero-order valence-corrected chi connectivity index (χ0v) is 18.9. The summed E-state index contributed by atoms with van der Waals surface area (Å²) < 4.78 is 5.09. The van der Waals surface area contributed by atoms with Crippen molar-refractivity contribution in [3.63, 3.8) is 0 Å². The number of carbonyl (C=O) groups is 1. The van der Waals surface area contributed by atoms with Crippen molar-refractivity contribution in [1.82, 2.24) is 16.0 Å². The lowest BCUT2D eigenvalue weighted by molar-refractivity contribution is 0.0954. The number of ether oxygens (including phenoxy) is 1. The molecule has 1 amide bonds. The third kappa shape index (κ3) is 7.38. The highest BCUT2D eigenvalue weighted by Gasteiger charge is 2.05. The maximum absolute atomic E-state index is 12.1. The number of aryl methyl sites for hydroxylation is 1. The van der Waals surface area contributed by atoms with Crippen LogP contribution in [0.3, 0.4) is 0 Å². The smallest absolute Gasteiger partial charge is 0.251 e. The van der Waals surface area contributed by atoms with E-state index in [0.717, 1.165) is 12.2 Å². The van der Waals surface area contributed by atoms with E-state index in [1.165, 1.54) is 11.1 Å². The topological polar surface area (TPSA) is 74.8 Å². The van der Waals surface area contributed by atoms with E-state index < -0.39 is 0 Å². The van der Waals surface area contributed by atoms with Gasteiger partial charge in [-0.05, 0) is 41.8 Å². The van der Waals surface area contributed by atoms with Gasteiger partial charge in [0.2, 0.25) is 0 Å². The van der Waals surface area contributed by atoms with Gasteiger partial charge in [0.25, 0.3) is 5.91 Å². The number of hydrogen-bond donors (Lipinski definition) is 3. The second-order valence-corrected chi connectivity index (χ2v) is 5.96. The number of rotatable bonds is 8. The molecule has 0 aliphatic heterocycles. The van der Waals surface area contributed by atoms with Crippen molar-refractivity contribution in [2.45, 2.75) is 19.9 Å². The average Bonchev–Trinajstić information content (AvgIpc) is 2.73. The molecule has 6 nitrogen and oxygen atoms in total. The van der Waals surface area contributed by atoms with E-state index in [4.69, 9.17) is 4.74 Å². The molecule has 28 heavy (non-hydrogen) atoms. The van der Waals surface area contributed by atoms with Crippen LogP contribution in [0.2, 0.25) is 0 Å². The molecule has 0 atom stereocenters. The minimum Gasteiger partial charge on any atom is -0.497 e. The van der Waals surface area contributed by atoms with Crippen molar-refractivity contribution in [1.29, 1.82) is 0 Å². The van der Waals surface area contributed by atoms with Gasteiger partial charge in [0, 0.05) is 32.2 Å². The molecule has 152 valence electrons. The predicted molar refractivity (Wildman–Crippen MR) is 125 cm³/mol. The van der Waals surface area contributed by atoms with Crippen LogP contribution < -0.4 is 20.7 Å². The summed E-state index contributed by atoms with van der Waals surface area (Å²) in [4.78, 5) is 16.3. The van der Waals surface area contributed by atoms with Gasteiger partial charge in [-0.2, -0.15) is 0 Å². The molecule has 0 spiro atoms. The minimum absolute atomic E-state index is 0. The molecule has 2 aromatic carbocycles. The fourth-order valence-corrected chi connectivity index (χ4v) is 2.68. The maximum atomic E-state index is 12.1. The van der Waals surface area contributed by atoms with Gasteiger partial charge in [0.1, 0.15) is 5.75 Å². The normalized spacial score (nSPS) is 10.6. The molecule has 0 aliphatic rings. The summed E-state index contributed by atoms with van der Waals surface area (Å²) in [6.07, 6.45) is 1.00. The van der Waals surface area contributed by atoms with Crippen molar-refractivity contribution in [2.75, 3.05) is 27.2 Å². The highest BCUT2D eigenvalue weighted by Crippen LogP contribution is 2.11. The van der Waals surface area contributed by atoms with Crippen LogP contribution >= 0.6 is 24.0 Å². The number of nitrogens with zero attached hydrogens (tertiary/aromatic N) is 1. The molecule has 0 saturated heterocycles. The Morgan fingerprint density at radius 1 is 0.964 bits per heavy atom. The molecule has 0 bridgehead atoms. The molecule has 0 aromatic heterocycles. The molecule has 0 fully saturated rings. The number of benzene rings is 2. The van der Waals surface area contributed by atoms with Crippen LogP contribution in [-0.4, -0.2) is 39.1 Å². The van der Waals surface area contributed by atoms with Crippen molar-refractivity contribution in [3.8, 4) is 5.75 Å². The molecule has 2 rings (SSSR count). The van der Waals surface area contributed by atoms with E-state index >= 15 is 0 Å². The molecule has 0 heterocycles. The highest BCUT2D eigenvalue weighted by atomic mass is 127. The van der Waals surface area contributed by atoms with Gasteiger partial charge in [-0.3, -0.25) is 9.79 Å². The first-order chi connectivity index (χ1) is 13.2. The number of carbonyl (C=O) groups excluding carboxylic acids is 1. The SMILES string of the molecule is CCc1ccccc1CNC(=NC)NCCNC(=O)c1ccc(OC)cc1.I. The van der Waals surface area contributed by atoms with Crippen LogP contribution in [0.4, 0.5) is 0 Å². The van der Waals surface area contributed by atoms with Crippen LogP contribution in [0.25, 0.3) is 0 Å². The van der Waals surface area contributed by atoms with Gasteiger partial charge in [-0.1, -0.05) is 31.2 Å². The summed E-state index contributed by atoms with van der Waals surface area (Å²) in [7, 11) is 3.33. The molecule has 0 saturated carbocycles. The summed E-state index contributed by atoms with van der Waals surface area (Å²) in [6.45, 7) is 3.94. The number of guanidine groups is 1. The van der Waals surface area contributed by atoms with E-state index in [2.05, 4.69) is 46.1 Å². The molecule has 7 heteroatoms. The summed E-state index contributed by atoms with van der Waals surface area (Å²) in [5.74, 6) is 1.33. The fourth-order valence-electron chi connectivity index (χ4n) is 2.68. The molecule has 0 unspecified atom stereocenters. The van der Waals surface area contributed by atoms with E-state index in [0.29, 0.717) is 31.2 Å². The third-order valence-corrected chi connectivity index (χ3v) is 4.22. The van der Waals surface area contributed by atoms with Gasteiger partial charge in [0.05, 0.1) is 7.11 Å². The summed E-state index contributed by atoms with van der Waals surface area (Å²) in [5, 5.41) is 9.39. The quantitative estimate of drug-likeness (QED) is 0.228. The van der Waals surface area contributed by atoms with Gasteiger partial charge in [0.15, 0.2) is 5.96 Å². The Bertz CT molecular complexity index is 763. The van der Waals surface area contributed by atoms with Crippen molar-refractivity contribution in [2.24, 2.45) is 4.99 Å². The van der Waals surface area contributed by atoms with Crippen LogP contribution in [0.5, 0.6) is 5.75 Å². The number of hydrogen-bond acceptors (Lipinski definition) is 3.